The predicted octanol–water partition coefficient (Wildman–Crippen LogP) is 1.34. The van der Waals surface area contributed by atoms with Crippen molar-refractivity contribution in [1.29, 1.82) is 0 Å². The molecule has 1 fully saturated rings. The van der Waals surface area contributed by atoms with Gasteiger partial charge < -0.3 is 10.1 Å². The van der Waals surface area contributed by atoms with Gasteiger partial charge in [0.25, 0.3) is 0 Å². The molecule has 0 aromatic heterocycles. The third-order valence-corrected chi connectivity index (χ3v) is 3.13. The molecule has 1 aliphatic rings. The summed E-state index contributed by atoms with van der Waals surface area (Å²) in [6.07, 6.45) is 0.747. The van der Waals surface area contributed by atoms with Crippen LogP contribution in [0.3, 0.4) is 0 Å². The van der Waals surface area contributed by atoms with Gasteiger partial charge in [-0.1, -0.05) is 13.8 Å². The average molecular weight is 214 g/mol. The fourth-order valence-electron chi connectivity index (χ4n) is 2.35. The lowest BCUT2D eigenvalue weighted by Crippen LogP contribution is -2.51. The largest absolute Gasteiger partial charge is 0.373 e. The molecule has 0 radical (unpaired) electrons. The van der Waals surface area contributed by atoms with Gasteiger partial charge in [0, 0.05) is 25.7 Å². The number of rotatable bonds is 4. The van der Waals surface area contributed by atoms with Gasteiger partial charge in [-0.3, -0.25) is 4.90 Å². The highest BCUT2D eigenvalue weighted by Gasteiger charge is 2.24. The second-order valence-electron chi connectivity index (χ2n) is 5.12. The Morgan fingerprint density at radius 3 is 2.20 bits per heavy atom. The molecule has 3 heteroatoms. The molecule has 0 aromatic rings. The molecule has 90 valence electrons. The van der Waals surface area contributed by atoms with E-state index in [9.17, 15) is 0 Å². The van der Waals surface area contributed by atoms with Gasteiger partial charge in [0.05, 0.1) is 12.2 Å². The molecule has 3 unspecified atom stereocenters. The number of hydrogen-bond donors (Lipinski definition) is 1. The van der Waals surface area contributed by atoms with Crippen molar-refractivity contribution in [3.05, 3.63) is 0 Å². The number of nitrogens with one attached hydrogen (secondary N) is 1. The zero-order valence-electron chi connectivity index (χ0n) is 10.8. The second-order valence-corrected chi connectivity index (χ2v) is 5.12. The fraction of sp³-hybridized carbons (Fsp3) is 1.00. The Kier molecular flexibility index (Phi) is 5.03. The van der Waals surface area contributed by atoms with E-state index in [1.54, 1.807) is 0 Å². The van der Waals surface area contributed by atoms with E-state index in [4.69, 9.17) is 4.74 Å². The quantitative estimate of drug-likeness (QED) is 0.764. The van der Waals surface area contributed by atoms with Crippen molar-refractivity contribution in [2.24, 2.45) is 5.92 Å². The Hall–Kier alpha value is -0.120. The molecular weight excluding hydrogens is 188 g/mol. The van der Waals surface area contributed by atoms with Crippen molar-refractivity contribution >= 4 is 0 Å². The molecule has 1 saturated heterocycles. The fourth-order valence-corrected chi connectivity index (χ4v) is 2.35. The summed E-state index contributed by atoms with van der Waals surface area (Å²) in [5.74, 6) is 0.684. The first-order valence-electron chi connectivity index (χ1n) is 6.08. The highest BCUT2D eigenvalue weighted by atomic mass is 16.5. The van der Waals surface area contributed by atoms with Gasteiger partial charge in [0.1, 0.15) is 0 Å². The number of morpholine rings is 1. The predicted molar refractivity (Wildman–Crippen MR) is 64.1 cm³/mol. The van der Waals surface area contributed by atoms with E-state index in [0.29, 0.717) is 24.2 Å². The van der Waals surface area contributed by atoms with Crippen LogP contribution in [0, 0.1) is 5.92 Å². The van der Waals surface area contributed by atoms with Crippen LogP contribution >= 0.6 is 0 Å². The Balaban J connectivity index is 2.42. The SMILES string of the molecule is CNC(CN1CC(C)OC(C)C1)C(C)C. The smallest absolute Gasteiger partial charge is 0.0678 e. The summed E-state index contributed by atoms with van der Waals surface area (Å²) in [7, 11) is 2.05. The lowest BCUT2D eigenvalue weighted by atomic mass is 10.0. The van der Waals surface area contributed by atoms with Crippen molar-refractivity contribution in [2.75, 3.05) is 26.7 Å². The summed E-state index contributed by atoms with van der Waals surface area (Å²) < 4.78 is 5.73. The summed E-state index contributed by atoms with van der Waals surface area (Å²) in [5, 5.41) is 3.40. The summed E-state index contributed by atoms with van der Waals surface area (Å²) in [6.45, 7) is 12.1. The molecule has 0 aromatic carbocycles. The molecule has 3 nitrogen and oxygen atoms in total. The monoisotopic (exact) mass is 214 g/mol. The summed E-state index contributed by atoms with van der Waals surface area (Å²) in [6, 6.07) is 0.586. The zero-order valence-corrected chi connectivity index (χ0v) is 10.8. The highest BCUT2D eigenvalue weighted by Crippen LogP contribution is 2.12. The minimum absolute atomic E-state index is 0.374. The van der Waals surface area contributed by atoms with Crippen LogP contribution in [0.15, 0.2) is 0 Å². The Morgan fingerprint density at radius 1 is 1.27 bits per heavy atom. The Morgan fingerprint density at radius 2 is 1.80 bits per heavy atom. The molecule has 0 amide bonds. The number of ether oxygens (including phenoxy) is 1. The first kappa shape index (κ1) is 12.9. The van der Waals surface area contributed by atoms with E-state index >= 15 is 0 Å². The summed E-state index contributed by atoms with van der Waals surface area (Å²) in [5.41, 5.74) is 0. The molecular formula is C12H26N2O. The number of hydrogen-bond acceptors (Lipinski definition) is 3. The summed E-state index contributed by atoms with van der Waals surface area (Å²) >= 11 is 0. The van der Waals surface area contributed by atoms with Gasteiger partial charge in [-0.2, -0.15) is 0 Å². The third kappa shape index (κ3) is 4.09. The lowest BCUT2D eigenvalue weighted by Gasteiger charge is -2.38. The minimum Gasteiger partial charge on any atom is -0.373 e. The topological polar surface area (TPSA) is 24.5 Å². The van der Waals surface area contributed by atoms with Gasteiger partial charge in [0.15, 0.2) is 0 Å². The average Bonchev–Trinajstić information content (AvgIpc) is 2.12. The van der Waals surface area contributed by atoms with Crippen LogP contribution in [0.25, 0.3) is 0 Å². The molecule has 0 spiro atoms. The number of likely N-dealkylation sites (N-methyl/N-ethyl adjacent to an activating group) is 1. The van der Waals surface area contributed by atoms with Crippen LogP contribution in [-0.4, -0.2) is 49.8 Å². The molecule has 0 bridgehead atoms. The second kappa shape index (κ2) is 5.83. The maximum atomic E-state index is 5.73. The van der Waals surface area contributed by atoms with Crippen LogP contribution in [-0.2, 0) is 4.74 Å². The molecule has 1 heterocycles. The minimum atomic E-state index is 0.374. The molecule has 1 aliphatic heterocycles. The Bertz CT molecular complexity index is 174. The first-order valence-corrected chi connectivity index (χ1v) is 6.08. The van der Waals surface area contributed by atoms with E-state index in [1.165, 1.54) is 0 Å². The van der Waals surface area contributed by atoms with E-state index in [0.717, 1.165) is 19.6 Å². The van der Waals surface area contributed by atoms with Crippen molar-refractivity contribution in [3.63, 3.8) is 0 Å². The highest BCUT2D eigenvalue weighted by molar-refractivity contribution is 4.79. The molecule has 1 rings (SSSR count). The van der Waals surface area contributed by atoms with Crippen molar-refractivity contribution in [3.8, 4) is 0 Å². The molecule has 1 N–H and O–H groups in total. The number of nitrogens with zero attached hydrogens (tertiary/aromatic N) is 1. The molecule has 0 saturated carbocycles. The van der Waals surface area contributed by atoms with Crippen molar-refractivity contribution < 1.29 is 4.74 Å². The normalized spacial score (nSPS) is 30.8. The third-order valence-electron chi connectivity index (χ3n) is 3.13. The van der Waals surface area contributed by atoms with E-state index in [1.807, 2.05) is 0 Å². The molecule has 0 aliphatic carbocycles. The van der Waals surface area contributed by atoms with Gasteiger partial charge in [-0.15, -0.1) is 0 Å². The van der Waals surface area contributed by atoms with Crippen molar-refractivity contribution in [2.45, 2.75) is 45.9 Å². The van der Waals surface area contributed by atoms with Crippen LogP contribution in [0.4, 0.5) is 0 Å². The van der Waals surface area contributed by atoms with Crippen LogP contribution in [0.1, 0.15) is 27.7 Å². The maximum Gasteiger partial charge on any atom is 0.0678 e. The van der Waals surface area contributed by atoms with E-state index in [-0.39, 0.29) is 0 Å². The van der Waals surface area contributed by atoms with Crippen molar-refractivity contribution in [1.82, 2.24) is 10.2 Å². The van der Waals surface area contributed by atoms with Gasteiger partial charge >= 0.3 is 0 Å². The molecule has 3 atom stereocenters. The van der Waals surface area contributed by atoms with E-state index < -0.39 is 0 Å². The maximum absolute atomic E-state index is 5.73. The van der Waals surface area contributed by atoms with Crippen LogP contribution in [0.5, 0.6) is 0 Å². The molecule has 15 heavy (non-hydrogen) atoms. The first-order chi connectivity index (χ1) is 7.02. The van der Waals surface area contributed by atoms with Crippen LogP contribution < -0.4 is 5.32 Å². The standard InChI is InChI=1S/C12H26N2O/c1-9(2)12(13-5)8-14-6-10(3)15-11(4)7-14/h9-13H,6-8H2,1-5H3. The van der Waals surface area contributed by atoms with E-state index in [2.05, 4.69) is 45.0 Å². The van der Waals surface area contributed by atoms with Gasteiger partial charge in [-0.05, 0) is 26.8 Å². The summed E-state index contributed by atoms with van der Waals surface area (Å²) in [4.78, 5) is 2.51. The zero-order chi connectivity index (χ0) is 11.4. The van der Waals surface area contributed by atoms with Crippen LogP contribution in [0.2, 0.25) is 0 Å². The van der Waals surface area contributed by atoms with Gasteiger partial charge in [-0.25, -0.2) is 0 Å². The Labute approximate surface area is 94.2 Å². The van der Waals surface area contributed by atoms with Gasteiger partial charge in [0.2, 0.25) is 0 Å². The lowest BCUT2D eigenvalue weighted by molar-refractivity contribution is -0.0707.